The van der Waals surface area contributed by atoms with Crippen LogP contribution in [0, 0.1) is 0 Å². The van der Waals surface area contributed by atoms with Crippen LogP contribution in [0.1, 0.15) is 5.01 Å². The number of ether oxygens (including phenoxy) is 1. The predicted octanol–water partition coefficient (Wildman–Crippen LogP) is 0.736. The van der Waals surface area contributed by atoms with Gasteiger partial charge in [-0.1, -0.05) is 6.08 Å². The number of esters is 1. The average Bonchev–Trinajstić information content (AvgIpc) is 2.93. The Bertz CT molecular complexity index is 689. The molecule has 0 saturated heterocycles. The van der Waals surface area contributed by atoms with Crippen LogP contribution in [0.5, 0.6) is 0 Å². The molecule has 1 aromatic heterocycles. The monoisotopic (exact) mass is 313 g/mol. The summed E-state index contributed by atoms with van der Waals surface area (Å²) >= 11 is 1.22. The maximum atomic E-state index is 12.1. The fourth-order valence-electron chi connectivity index (χ4n) is 1.55. The highest BCUT2D eigenvalue weighted by Crippen LogP contribution is 2.22. The number of hydrogen-bond acceptors (Lipinski definition) is 6. The van der Waals surface area contributed by atoms with Crippen molar-refractivity contribution in [2.75, 3.05) is 13.7 Å². The zero-order valence-corrected chi connectivity index (χ0v) is 12.1. The van der Waals surface area contributed by atoms with Crippen LogP contribution in [0.2, 0.25) is 0 Å². The standard InChI is InChI=1S/C11H11N3O4S2/c1-3-5-14-9(11(15)18-2)7-8(13-20(14,16)17)10-12-4-6-19-10/h3-4,6-7H,1,5H2,2H3. The third-order valence-electron chi connectivity index (χ3n) is 2.38. The smallest absolute Gasteiger partial charge is 0.355 e. The molecule has 0 bridgehead atoms. The van der Waals surface area contributed by atoms with E-state index in [2.05, 4.69) is 20.7 Å². The molecule has 7 nitrogen and oxygen atoms in total. The largest absolute Gasteiger partial charge is 0.464 e. The van der Waals surface area contributed by atoms with Crippen molar-refractivity contribution in [3.8, 4) is 0 Å². The van der Waals surface area contributed by atoms with Crippen LogP contribution in [0.25, 0.3) is 0 Å². The van der Waals surface area contributed by atoms with Gasteiger partial charge < -0.3 is 4.74 Å². The number of allylic oxidation sites excluding steroid dienone is 1. The first kappa shape index (κ1) is 14.4. The summed E-state index contributed by atoms with van der Waals surface area (Å²) in [5.41, 5.74) is -0.00619. The highest BCUT2D eigenvalue weighted by Gasteiger charge is 2.33. The number of carbonyl (C=O) groups excluding carboxylic acids is 1. The molecule has 0 aromatic carbocycles. The van der Waals surface area contributed by atoms with Crippen LogP contribution in [0.4, 0.5) is 0 Å². The normalized spacial score (nSPS) is 17.1. The molecule has 0 amide bonds. The SMILES string of the molecule is C=CCN1C(C(=O)OC)=CC(c2nccs2)=NS1(=O)=O. The number of thiazole rings is 1. The zero-order valence-electron chi connectivity index (χ0n) is 10.5. The van der Waals surface area contributed by atoms with Gasteiger partial charge in [-0.05, 0) is 6.08 Å². The van der Waals surface area contributed by atoms with Crippen LogP contribution in [0.15, 0.2) is 40.4 Å². The van der Waals surface area contributed by atoms with Gasteiger partial charge in [-0.25, -0.2) is 14.1 Å². The topological polar surface area (TPSA) is 88.9 Å². The molecule has 0 aliphatic carbocycles. The summed E-state index contributed by atoms with van der Waals surface area (Å²) in [5, 5.41) is 2.10. The van der Waals surface area contributed by atoms with Gasteiger partial charge in [-0.15, -0.1) is 22.3 Å². The second kappa shape index (κ2) is 5.55. The van der Waals surface area contributed by atoms with Gasteiger partial charge in [-0.2, -0.15) is 8.42 Å². The second-order valence-electron chi connectivity index (χ2n) is 3.63. The summed E-state index contributed by atoms with van der Waals surface area (Å²) in [7, 11) is -2.84. The zero-order chi connectivity index (χ0) is 14.8. The van der Waals surface area contributed by atoms with E-state index in [-0.39, 0.29) is 18.0 Å². The summed E-state index contributed by atoms with van der Waals surface area (Å²) in [5.74, 6) is -0.764. The Morgan fingerprint density at radius 1 is 1.60 bits per heavy atom. The number of aromatic nitrogens is 1. The number of hydrogen-bond donors (Lipinski definition) is 0. The van der Waals surface area contributed by atoms with Crippen LogP contribution >= 0.6 is 11.3 Å². The minimum atomic E-state index is -4.02. The van der Waals surface area contributed by atoms with Crippen molar-refractivity contribution >= 4 is 33.2 Å². The van der Waals surface area contributed by atoms with Crippen molar-refractivity contribution in [2.45, 2.75) is 0 Å². The Hall–Kier alpha value is -2.00. The van der Waals surface area contributed by atoms with Gasteiger partial charge >= 0.3 is 16.2 Å². The second-order valence-corrected chi connectivity index (χ2v) is 6.05. The molecular formula is C11H11N3O4S2. The molecule has 0 atom stereocenters. The van der Waals surface area contributed by atoms with E-state index in [0.717, 1.165) is 4.31 Å². The van der Waals surface area contributed by atoms with Gasteiger partial charge in [0.1, 0.15) is 16.4 Å². The third kappa shape index (κ3) is 2.63. The Morgan fingerprint density at radius 3 is 2.90 bits per heavy atom. The lowest BCUT2D eigenvalue weighted by Crippen LogP contribution is -2.36. The average molecular weight is 313 g/mol. The van der Waals surface area contributed by atoms with Gasteiger partial charge in [0.2, 0.25) is 0 Å². The molecular weight excluding hydrogens is 302 g/mol. The lowest BCUT2D eigenvalue weighted by atomic mass is 10.3. The summed E-state index contributed by atoms with van der Waals surface area (Å²) in [6.45, 7) is 3.39. The number of rotatable bonds is 4. The molecule has 1 aliphatic rings. The molecule has 2 heterocycles. The van der Waals surface area contributed by atoms with E-state index in [1.165, 1.54) is 36.8 Å². The lowest BCUT2D eigenvalue weighted by Gasteiger charge is -2.24. The summed E-state index contributed by atoms with van der Waals surface area (Å²) in [4.78, 5) is 15.7. The van der Waals surface area contributed by atoms with Gasteiger partial charge in [0.25, 0.3) is 0 Å². The minimum absolute atomic E-state index is 0.0715. The summed E-state index contributed by atoms with van der Waals surface area (Å²) < 4.78 is 33.4. The van der Waals surface area contributed by atoms with E-state index in [4.69, 9.17) is 0 Å². The van der Waals surface area contributed by atoms with Gasteiger partial charge in [0, 0.05) is 11.6 Å². The molecule has 0 spiro atoms. The maximum Gasteiger partial charge on any atom is 0.355 e. The molecule has 0 unspecified atom stereocenters. The first-order valence-corrected chi connectivity index (χ1v) is 7.70. The molecule has 0 saturated carbocycles. The first-order valence-electron chi connectivity index (χ1n) is 5.43. The quantitative estimate of drug-likeness (QED) is 0.604. The highest BCUT2D eigenvalue weighted by atomic mass is 32.2. The van der Waals surface area contributed by atoms with Crippen molar-refractivity contribution in [1.82, 2.24) is 9.29 Å². The van der Waals surface area contributed by atoms with Crippen molar-refractivity contribution < 1.29 is 17.9 Å². The summed E-state index contributed by atoms with van der Waals surface area (Å²) in [6, 6.07) is 0. The Balaban J connectivity index is 2.56. The van der Waals surface area contributed by atoms with Crippen LogP contribution in [-0.2, 0) is 19.7 Å². The Labute approximate surface area is 120 Å². The van der Waals surface area contributed by atoms with E-state index in [1.54, 1.807) is 5.38 Å². The van der Waals surface area contributed by atoms with Gasteiger partial charge in [0.15, 0.2) is 0 Å². The van der Waals surface area contributed by atoms with Crippen molar-refractivity contribution in [1.29, 1.82) is 0 Å². The summed E-state index contributed by atoms with van der Waals surface area (Å²) in [6.07, 6.45) is 4.23. The molecule has 0 fully saturated rings. The highest BCUT2D eigenvalue weighted by molar-refractivity contribution is 7.88. The van der Waals surface area contributed by atoms with E-state index < -0.39 is 16.2 Å². The molecule has 9 heteroatoms. The number of carbonyl (C=O) groups is 1. The maximum absolute atomic E-state index is 12.1. The van der Waals surface area contributed by atoms with Crippen LogP contribution in [-0.4, -0.2) is 43.0 Å². The molecule has 20 heavy (non-hydrogen) atoms. The number of nitrogens with zero attached hydrogens (tertiary/aromatic N) is 3. The number of methoxy groups -OCH3 is 1. The molecule has 0 radical (unpaired) electrons. The Morgan fingerprint density at radius 2 is 2.35 bits per heavy atom. The van der Waals surface area contributed by atoms with E-state index in [1.807, 2.05) is 0 Å². The van der Waals surface area contributed by atoms with E-state index in [9.17, 15) is 13.2 Å². The van der Waals surface area contributed by atoms with E-state index >= 15 is 0 Å². The van der Waals surface area contributed by atoms with Crippen molar-refractivity contribution in [3.63, 3.8) is 0 Å². The fourth-order valence-corrected chi connectivity index (χ4v) is 3.36. The molecule has 106 valence electrons. The van der Waals surface area contributed by atoms with Crippen LogP contribution in [0.3, 0.4) is 0 Å². The lowest BCUT2D eigenvalue weighted by molar-refractivity contribution is -0.137. The van der Waals surface area contributed by atoms with Crippen molar-refractivity contribution in [3.05, 3.63) is 41.0 Å². The van der Waals surface area contributed by atoms with Gasteiger partial charge in [-0.3, -0.25) is 0 Å². The fraction of sp³-hybridized carbons (Fsp3) is 0.182. The first-order chi connectivity index (χ1) is 9.49. The third-order valence-corrected chi connectivity index (χ3v) is 4.50. The van der Waals surface area contributed by atoms with Crippen molar-refractivity contribution in [2.24, 2.45) is 4.40 Å². The molecule has 0 N–H and O–H groups in total. The predicted molar refractivity (Wildman–Crippen MR) is 74.6 cm³/mol. The minimum Gasteiger partial charge on any atom is -0.464 e. The molecule has 1 aliphatic heterocycles. The molecule has 2 rings (SSSR count). The Kier molecular flexibility index (Phi) is 4.00. The van der Waals surface area contributed by atoms with Crippen LogP contribution < -0.4 is 0 Å². The molecule has 1 aromatic rings. The van der Waals surface area contributed by atoms with Gasteiger partial charge in [0.05, 0.1) is 13.7 Å². The van der Waals surface area contributed by atoms with E-state index in [0.29, 0.717) is 5.01 Å².